The Labute approximate surface area is 340 Å². The highest BCUT2D eigenvalue weighted by atomic mass is 16.4. The number of carboxylic acid groups (broad SMARTS) is 1. The number of ketones is 1. The van der Waals surface area contributed by atoms with Crippen molar-refractivity contribution in [2.24, 2.45) is 11.8 Å². The van der Waals surface area contributed by atoms with E-state index in [-0.39, 0.29) is 31.7 Å². The Morgan fingerprint density at radius 2 is 1.52 bits per heavy atom. The molecule has 0 aromatic heterocycles. The van der Waals surface area contributed by atoms with Gasteiger partial charge in [-0.15, -0.1) is 0 Å². The number of Topliss-reactive ketones (excluding diaryl/α,β-unsaturated/α-hetero) is 1. The average Bonchev–Trinajstić information content (AvgIpc) is 3.57. The van der Waals surface area contributed by atoms with Crippen molar-refractivity contribution in [2.45, 2.75) is 142 Å². The number of rotatable bonds is 8. The molecule has 17 heteroatoms. The van der Waals surface area contributed by atoms with E-state index in [1.165, 1.54) is 18.9 Å². The molecule has 17 nitrogen and oxygen atoms in total. The molecule has 2 saturated heterocycles. The number of aryl methyl sites for hydroxylation is 1. The van der Waals surface area contributed by atoms with Crippen LogP contribution in [0.4, 0.5) is 0 Å². The van der Waals surface area contributed by atoms with E-state index in [1.54, 1.807) is 32.6 Å². The summed E-state index contributed by atoms with van der Waals surface area (Å²) in [6, 6.07) is -0.135. The lowest BCUT2D eigenvalue weighted by Gasteiger charge is -2.38. The number of hydrogen-bond acceptors (Lipinski definition) is 10. The lowest BCUT2D eigenvalue weighted by Crippen LogP contribution is -2.65. The molecule has 0 unspecified atom stereocenters. The molecule has 322 valence electrons. The van der Waals surface area contributed by atoms with Crippen LogP contribution >= 0.6 is 0 Å². The van der Waals surface area contributed by atoms with Gasteiger partial charge in [0.2, 0.25) is 35.4 Å². The lowest BCUT2D eigenvalue weighted by molar-refractivity contribution is -0.142. The van der Waals surface area contributed by atoms with Gasteiger partial charge in [-0.3, -0.25) is 43.3 Å². The zero-order chi connectivity index (χ0) is 43.6. The van der Waals surface area contributed by atoms with Crippen LogP contribution in [0.1, 0.15) is 91.7 Å². The molecule has 2 aliphatic rings. The summed E-state index contributed by atoms with van der Waals surface area (Å²) in [6.45, 7) is 13.5. The fourth-order valence-electron chi connectivity index (χ4n) is 7.47. The van der Waals surface area contributed by atoms with E-state index in [0.717, 1.165) is 11.1 Å². The van der Waals surface area contributed by atoms with Gasteiger partial charge in [0, 0.05) is 31.3 Å². The summed E-state index contributed by atoms with van der Waals surface area (Å²) in [5, 5.41) is 33.7. The minimum atomic E-state index is -1.70. The van der Waals surface area contributed by atoms with Crippen LogP contribution in [0.25, 0.3) is 0 Å². The first-order valence-corrected chi connectivity index (χ1v) is 20.0. The summed E-state index contributed by atoms with van der Waals surface area (Å²) in [6.07, 6.45) is -1.65. The second-order valence-corrected chi connectivity index (χ2v) is 17.3. The topological polar surface area (TPSA) is 244 Å². The van der Waals surface area contributed by atoms with Crippen molar-refractivity contribution in [3.63, 3.8) is 0 Å². The van der Waals surface area contributed by atoms with Gasteiger partial charge in [0.05, 0.1) is 31.2 Å². The molecule has 2 fully saturated rings. The van der Waals surface area contributed by atoms with Crippen molar-refractivity contribution >= 4 is 47.2 Å². The third-order valence-electron chi connectivity index (χ3n) is 10.2. The Kier molecular flexibility index (Phi) is 16.9. The van der Waals surface area contributed by atoms with Gasteiger partial charge in [-0.2, -0.15) is 0 Å². The summed E-state index contributed by atoms with van der Waals surface area (Å²) in [5.41, 5.74) is 1.02. The first-order chi connectivity index (χ1) is 27.0. The second-order valence-electron chi connectivity index (χ2n) is 17.3. The van der Waals surface area contributed by atoms with Gasteiger partial charge in [0.25, 0.3) is 0 Å². The number of aliphatic carboxylic acids is 1. The molecule has 0 saturated carbocycles. The monoisotopic (exact) mass is 813 g/mol. The summed E-state index contributed by atoms with van der Waals surface area (Å²) in [7, 11) is 1.42. The molecule has 2 aliphatic heterocycles. The number of nitrogens with zero attached hydrogens (tertiary/aromatic N) is 2. The number of aliphatic hydroxyl groups excluding tert-OH is 1. The van der Waals surface area contributed by atoms with Gasteiger partial charge in [0.1, 0.15) is 24.2 Å². The van der Waals surface area contributed by atoms with E-state index in [2.05, 4.69) is 26.6 Å². The molecular weight excluding hydrogens is 750 g/mol. The first-order valence-electron chi connectivity index (χ1n) is 20.0. The number of amides is 6. The average molecular weight is 814 g/mol. The van der Waals surface area contributed by atoms with Crippen LogP contribution in [-0.4, -0.2) is 135 Å². The van der Waals surface area contributed by atoms with Crippen molar-refractivity contribution in [3.05, 3.63) is 35.4 Å². The quantitative estimate of drug-likeness (QED) is 0.187. The number of likely N-dealkylation sites (N-methyl/N-ethyl adjacent to an activating group) is 1. The van der Waals surface area contributed by atoms with Gasteiger partial charge >= 0.3 is 5.97 Å². The number of carboxylic acids is 1. The van der Waals surface area contributed by atoms with Crippen LogP contribution in [0.5, 0.6) is 0 Å². The highest BCUT2D eigenvalue weighted by Crippen LogP contribution is 2.24. The molecule has 1 aromatic carbocycles. The largest absolute Gasteiger partial charge is 0.481 e. The molecule has 0 spiro atoms. The number of carbonyl (C=O) groups excluding carboxylic acids is 7. The molecule has 58 heavy (non-hydrogen) atoms. The van der Waals surface area contributed by atoms with E-state index in [1.807, 2.05) is 45.0 Å². The van der Waals surface area contributed by atoms with Gasteiger partial charge < -0.3 is 41.7 Å². The predicted octanol–water partition coefficient (Wildman–Crippen LogP) is 0.193. The SMILES string of the molecule is Cc1ccc(C[C@@H]2NC(=O)[C@@H]3CCCN3[C@@H](C(=O)NC(C)(C)C)[C@H](C)NC(=O)[C@H]([C@@H](C)O)NC(=O)[C@H](CC(=O)O)NC(=O)[C@H](CC(C)C)CC(=O)CN(C)C2=O)cc1. The van der Waals surface area contributed by atoms with Crippen LogP contribution in [-0.2, 0) is 44.8 Å². The normalized spacial score (nSPS) is 27.1. The van der Waals surface area contributed by atoms with Crippen molar-refractivity contribution in [3.8, 4) is 0 Å². The zero-order valence-corrected chi connectivity index (χ0v) is 35.2. The minimum Gasteiger partial charge on any atom is -0.481 e. The first kappa shape index (κ1) is 47.5. The number of carbonyl (C=O) groups is 8. The summed E-state index contributed by atoms with van der Waals surface area (Å²) in [5.74, 6) is -7.43. The third-order valence-corrected chi connectivity index (χ3v) is 10.2. The molecule has 8 atom stereocenters. The van der Waals surface area contributed by atoms with Crippen molar-refractivity contribution in [1.29, 1.82) is 0 Å². The fourth-order valence-corrected chi connectivity index (χ4v) is 7.47. The number of benzene rings is 1. The Bertz CT molecular complexity index is 1680. The van der Waals surface area contributed by atoms with Gasteiger partial charge in [0.15, 0.2) is 5.78 Å². The molecule has 0 radical (unpaired) electrons. The maximum atomic E-state index is 14.3. The Balaban J connectivity index is 2.15. The van der Waals surface area contributed by atoms with Crippen molar-refractivity contribution in [2.75, 3.05) is 20.1 Å². The minimum absolute atomic E-state index is 0.0849. The lowest BCUT2D eigenvalue weighted by atomic mass is 9.91. The highest BCUT2D eigenvalue weighted by Gasteiger charge is 2.44. The number of aliphatic hydroxyl groups is 1. The summed E-state index contributed by atoms with van der Waals surface area (Å²) in [4.78, 5) is 112. The van der Waals surface area contributed by atoms with E-state index in [4.69, 9.17) is 0 Å². The van der Waals surface area contributed by atoms with Gasteiger partial charge in [-0.1, -0.05) is 43.7 Å². The Morgan fingerprint density at radius 1 is 0.897 bits per heavy atom. The highest BCUT2D eigenvalue weighted by molar-refractivity contribution is 5.97. The molecular formula is C41H63N7O10. The van der Waals surface area contributed by atoms with Crippen LogP contribution < -0.4 is 26.6 Å². The van der Waals surface area contributed by atoms with E-state index < -0.39 is 114 Å². The molecule has 6 amide bonds. The zero-order valence-electron chi connectivity index (χ0n) is 35.2. The molecule has 0 bridgehead atoms. The predicted molar refractivity (Wildman–Crippen MR) is 214 cm³/mol. The van der Waals surface area contributed by atoms with Gasteiger partial charge in [-0.05, 0) is 78.8 Å². The molecule has 0 aliphatic carbocycles. The van der Waals surface area contributed by atoms with E-state index in [9.17, 15) is 48.6 Å². The standard InChI is InChI=1S/C41H63N7O10/c1-22(2)17-27-19-28(50)21-47(9)40(58)30(18-26-14-12-23(3)13-15-26)44-37(55)31-11-10-16-48(31)34(39(57)46-41(6,7)8)24(4)42-38(56)33(25(5)49)45-36(54)29(20-32(51)52)43-35(27)53/h12-15,22,24-25,27,29-31,33-34,49H,10-11,16-21H2,1-9H3,(H,42,56)(H,43,53)(H,44,55)(H,45,54)(H,46,57)(H,51,52)/t24-,25+,27+,29-,30-,31-,33-,34+/m0/s1. The van der Waals surface area contributed by atoms with Crippen LogP contribution in [0.2, 0.25) is 0 Å². The maximum Gasteiger partial charge on any atom is 0.305 e. The smallest absolute Gasteiger partial charge is 0.305 e. The summed E-state index contributed by atoms with van der Waals surface area (Å²) < 4.78 is 0. The molecule has 3 rings (SSSR count). The Hall–Kier alpha value is -4.90. The number of fused-ring (bicyclic) bond motifs is 1. The van der Waals surface area contributed by atoms with Crippen molar-refractivity contribution in [1.82, 2.24) is 36.4 Å². The van der Waals surface area contributed by atoms with Crippen LogP contribution in [0.3, 0.4) is 0 Å². The van der Waals surface area contributed by atoms with Gasteiger partial charge in [-0.25, -0.2) is 0 Å². The van der Waals surface area contributed by atoms with E-state index >= 15 is 0 Å². The molecule has 2 heterocycles. The fraction of sp³-hybridized carbons (Fsp3) is 0.659. The van der Waals surface area contributed by atoms with E-state index in [0.29, 0.717) is 12.8 Å². The number of hydrogen-bond donors (Lipinski definition) is 7. The summed E-state index contributed by atoms with van der Waals surface area (Å²) >= 11 is 0. The number of nitrogens with one attached hydrogen (secondary N) is 5. The maximum absolute atomic E-state index is 14.3. The second kappa shape index (κ2) is 20.7. The Morgan fingerprint density at radius 3 is 2.09 bits per heavy atom. The van der Waals surface area contributed by atoms with Crippen LogP contribution in [0.15, 0.2) is 24.3 Å². The molecule has 7 N–H and O–H groups in total. The van der Waals surface area contributed by atoms with Crippen LogP contribution in [0, 0.1) is 18.8 Å². The molecule has 1 aromatic rings. The third kappa shape index (κ3) is 13.9. The van der Waals surface area contributed by atoms with Crippen molar-refractivity contribution < 1.29 is 48.6 Å².